The summed E-state index contributed by atoms with van der Waals surface area (Å²) in [7, 11) is 0. The van der Waals surface area contributed by atoms with Gasteiger partial charge in [-0.15, -0.1) is 0 Å². The SMILES string of the molecule is O=C(NC1CC2CNC1C2)c1ccc(Oc2cnco2)cc1. The maximum absolute atomic E-state index is 12.3. The smallest absolute Gasteiger partial charge is 0.310 e. The molecule has 2 aromatic rings. The first-order chi connectivity index (χ1) is 10.8. The van der Waals surface area contributed by atoms with Crippen molar-refractivity contribution < 1.29 is 13.9 Å². The molecule has 6 heteroatoms. The maximum atomic E-state index is 12.3. The fraction of sp³-hybridized carbons (Fsp3) is 0.375. The number of nitrogens with one attached hydrogen (secondary N) is 2. The fourth-order valence-corrected chi connectivity index (χ4v) is 3.31. The van der Waals surface area contributed by atoms with Gasteiger partial charge < -0.3 is 19.8 Å². The molecule has 3 atom stereocenters. The third-order valence-corrected chi connectivity index (χ3v) is 4.39. The molecule has 1 saturated heterocycles. The summed E-state index contributed by atoms with van der Waals surface area (Å²) in [5.41, 5.74) is 0.632. The van der Waals surface area contributed by atoms with Gasteiger partial charge in [0, 0.05) is 17.6 Å². The van der Waals surface area contributed by atoms with Crippen LogP contribution in [-0.4, -0.2) is 29.5 Å². The lowest BCUT2D eigenvalue weighted by atomic mass is 10.1. The molecular weight excluding hydrogens is 282 g/mol. The van der Waals surface area contributed by atoms with Crippen LogP contribution in [0.2, 0.25) is 0 Å². The predicted octanol–water partition coefficient (Wildman–Crippen LogP) is 1.95. The van der Waals surface area contributed by atoms with Crippen molar-refractivity contribution in [2.75, 3.05) is 6.54 Å². The second kappa shape index (κ2) is 5.46. The van der Waals surface area contributed by atoms with Gasteiger partial charge in [0.1, 0.15) is 11.9 Å². The third-order valence-electron chi connectivity index (χ3n) is 4.39. The van der Waals surface area contributed by atoms with E-state index in [2.05, 4.69) is 15.6 Å². The Morgan fingerprint density at radius 3 is 2.82 bits per heavy atom. The van der Waals surface area contributed by atoms with Gasteiger partial charge in [-0.2, -0.15) is 0 Å². The predicted molar refractivity (Wildman–Crippen MR) is 78.8 cm³/mol. The van der Waals surface area contributed by atoms with Crippen molar-refractivity contribution >= 4 is 5.91 Å². The molecule has 0 spiro atoms. The molecule has 4 rings (SSSR count). The molecule has 1 aliphatic heterocycles. The van der Waals surface area contributed by atoms with E-state index in [4.69, 9.17) is 9.15 Å². The summed E-state index contributed by atoms with van der Waals surface area (Å²) in [6.45, 7) is 1.09. The number of hydrogen-bond acceptors (Lipinski definition) is 5. The zero-order valence-electron chi connectivity index (χ0n) is 12.0. The van der Waals surface area contributed by atoms with Crippen molar-refractivity contribution in [2.45, 2.75) is 24.9 Å². The first-order valence-corrected chi connectivity index (χ1v) is 7.48. The van der Waals surface area contributed by atoms with Gasteiger partial charge in [0.05, 0.1) is 0 Å². The number of fused-ring (bicyclic) bond motifs is 2. The van der Waals surface area contributed by atoms with Crippen molar-refractivity contribution in [2.24, 2.45) is 5.92 Å². The maximum Gasteiger partial charge on any atom is 0.310 e. The van der Waals surface area contributed by atoms with Gasteiger partial charge in [0.2, 0.25) is 0 Å². The number of aromatic nitrogens is 1. The number of hydrogen-bond donors (Lipinski definition) is 2. The Hall–Kier alpha value is -2.34. The molecule has 2 heterocycles. The zero-order valence-corrected chi connectivity index (χ0v) is 12.0. The summed E-state index contributed by atoms with van der Waals surface area (Å²) in [5, 5.41) is 6.57. The summed E-state index contributed by atoms with van der Waals surface area (Å²) in [6, 6.07) is 7.68. The Morgan fingerprint density at radius 1 is 1.32 bits per heavy atom. The Bertz CT molecular complexity index is 654. The third kappa shape index (κ3) is 2.57. The molecule has 6 nitrogen and oxygen atoms in total. The van der Waals surface area contributed by atoms with Gasteiger partial charge in [0.15, 0.2) is 6.39 Å². The molecule has 1 aromatic carbocycles. The van der Waals surface area contributed by atoms with E-state index in [0.717, 1.165) is 13.0 Å². The van der Waals surface area contributed by atoms with E-state index >= 15 is 0 Å². The van der Waals surface area contributed by atoms with Gasteiger partial charge in [0.25, 0.3) is 5.91 Å². The van der Waals surface area contributed by atoms with Crippen LogP contribution in [0.3, 0.4) is 0 Å². The number of ether oxygens (including phenoxy) is 1. The van der Waals surface area contributed by atoms with Crippen molar-refractivity contribution in [3.63, 3.8) is 0 Å². The fourth-order valence-electron chi connectivity index (χ4n) is 3.31. The number of rotatable bonds is 4. The lowest BCUT2D eigenvalue weighted by Crippen LogP contribution is -2.47. The van der Waals surface area contributed by atoms with E-state index in [1.54, 1.807) is 24.3 Å². The Labute approximate surface area is 127 Å². The highest BCUT2D eigenvalue weighted by Crippen LogP contribution is 2.31. The van der Waals surface area contributed by atoms with E-state index in [9.17, 15) is 4.79 Å². The highest BCUT2D eigenvalue weighted by atomic mass is 16.6. The number of amides is 1. The molecule has 1 saturated carbocycles. The zero-order chi connectivity index (χ0) is 14.9. The summed E-state index contributed by atoms with van der Waals surface area (Å²) >= 11 is 0. The van der Waals surface area contributed by atoms with Gasteiger partial charge in [-0.1, -0.05) is 0 Å². The average Bonchev–Trinajstić information content (AvgIpc) is 3.25. The second-order valence-corrected chi connectivity index (χ2v) is 5.88. The molecule has 2 bridgehead atoms. The minimum absolute atomic E-state index is 0.0365. The van der Waals surface area contributed by atoms with Crippen molar-refractivity contribution in [3.05, 3.63) is 42.4 Å². The quantitative estimate of drug-likeness (QED) is 0.902. The van der Waals surface area contributed by atoms with Crippen LogP contribution in [0.4, 0.5) is 0 Å². The number of nitrogens with zero attached hydrogens (tertiary/aromatic N) is 1. The van der Waals surface area contributed by atoms with Gasteiger partial charge in [-0.25, -0.2) is 4.98 Å². The molecule has 1 aliphatic carbocycles. The lowest BCUT2D eigenvalue weighted by Gasteiger charge is -2.24. The molecule has 1 aromatic heterocycles. The summed E-state index contributed by atoms with van der Waals surface area (Å²) < 4.78 is 10.5. The van der Waals surface area contributed by atoms with E-state index in [1.165, 1.54) is 19.0 Å². The largest absolute Gasteiger partial charge is 0.425 e. The number of carbonyl (C=O) groups excluding carboxylic acids is 1. The number of piperidine rings is 1. The second-order valence-electron chi connectivity index (χ2n) is 5.88. The van der Waals surface area contributed by atoms with Crippen LogP contribution >= 0.6 is 0 Å². The highest BCUT2D eigenvalue weighted by molar-refractivity contribution is 5.94. The normalized spacial score (nSPS) is 26.1. The van der Waals surface area contributed by atoms with Crippen molar-refractivity contribution in [1.29, 1.82) is 0 Å². The van der Waals surface area contributed by atoms with Crippen LogP contribution in [0.1, 0.15) is 23.2 Å². The summed E-state index contributed by atoms with van der Waals surface area (Å²) in [5.74, 6) is 1.61. The standard InChI is InChI=1S/C16H17N3O3/c20-16(19-14-6-10-5-13(14)18-7-10)11-1-3-12(4-2-11)22-15-8-17-9-21-15/h1-4,8-10,13-14,18H,5-7H2,(H,19,20). The van der Waals surface area contributed by atoms with Crippen LogP contribution in [0.15, 0.2) is 41.3 Å². The topological polar surface area (TPSA) is 76.4 Å². The van der Waals surface area contributed by atoms with Crippen LogP contribution in [0, 0.1) is 5.92 Å². The van der Waals surface area contributed by atoms with E-state index in [0.29, 0.717) is 29.2 Å². The molecule has 2 aliphatic rings. The Kier molecular flexibility index (Phi) is 3.31. The summed E-state index contributed by atoms with van der Waals surface area (Å²) in [4.78, 5) is 16.1. The highest BCUT2D eigenvalue weighted by Gasteiger charge is 2.39. The lowest BCUT2D eigenvalue weighted by molar-refractivity contribution is 0.0928. The molecule has 0 radical (unpaired) electrons. The van der Waals surface area contributed by atoms with Crippen LogP contribution in [0.25, 0.3) is 0 Å². The monoisotopic (exact) mass is 299 g/mol. The van der Waals surface area contributed by atoms with E-state index in [1.807, 2.05) is 0 Å². The molecule has 114 valence electrons. The van der Waals surface area contributed by atoms with E-state index < -0.39 is 0 Å². The number of benzene rings is 1. The van der Waals surface area contributed by atoms with Crippen molar-refractivity contribution in [3.8, 4) is 11.7 Å². The minimum atomic E-state index is -0.0365. The minimum Gasteiger partial charge on any atom is -0.425 e. The van der Waals surface area contributed by atoms with Gasteiger partial charge in [-0.3, -0.25) is 4.79 Å². The van der Waals surface area contributed by atoms with Crippen molar-refractivity contribution in [1.82, 2.24) is 15.6 Å². The first-order valence-electron chi connectivity index (χ1n) is 7.48. The number of carbonyl (C=O) groups is 1. The Balaban J connectivity index is 1.38. The Morgan fingerprint density at radius 2 is 2.18 bits per heavy atom. The molecule has 2 fully saturated rings. The molecular formula is C16H17N3O3. The average molecular weight is 299 g/mol. The van der Waals surface area contributed by atoms with E-state index in [-0.39, 0.29) is 11.9 Å². The number of oxazole rings is 1. The first kappa shape index (κ1) is 13.3. The summed E-state index contributed by atoms with van der Waals surface area (Å²) in [6.07, 6.45) is 5.05. The van der Waals surface area contributed by atoms with Crippen LogP contribution in [-0.2, 0) is 0 Å². The van der Waals surface area contributed by atoms with Gasteiger partial charge in [-0.05, 0) is 49.6 Å². The molecule has 22 heavy (non-hydrogen) atoms. The molecule has 3 unspecified atom stereocenters. The van der Waals surface area contributed by atoms with Crippen LogP contribution in [0.5, 0.6) is 11.7 Å². The van der Waals surface area contributed by atoms with Gasteiger partial charge >= 0.3 is 5.95 Å². The molecule has 2 N–H and O–H groups in total. The molecule has 1 amide bonds. The van der Waals surface area contributed by atoms with Crippen LogP contribution < -0.4 is 15.4 Å².